The minimum absolute atomic E-state index is 0.0328. The van der Waals surface area contributed by atoms with Gasteiger partial charge in [-0.15, -0.1) is 0 Å². The van der Waals surface area contributed by atoms with Crippen molar-refractivity contribution < 1.29 is 19.8 Å². The predicted molar refractivity (Wildman–Crippen MR) is 162 cm³/mol. The second-order valence-corrected chi connectivity index (χ2v) is 10.4. The van der Waals surface area contributed by atoms with Crippen LogP contribution >= 0.6 is 11.6 Å². The molecule has 1 unspecified atom stereocenters. The SMILES string of the molecule is C[C@@H](CCCCCCCC[C@H](C)NCC(O)c1ccc(O)c(NC=O)c1)N=C(N)NC(=O)c1nc(Cl)c(N)nc1N. The summed E-state index contributed by atoms with van der Waals surface area (Å²) in [6.45, 7) is 4.40. The van der Waals surface area contributed by atoms with Gasteiger partial charge in [0.15, 0.2) is 28.4 Å². The number of aromatic nitrogens is 2. The van der Waals surface area contributed by atoms with Gasteiger partial charge in [-0.3, -0.25) is 19.9 Å². The number of hydrogen-bond donors (Lipinski definition) is 8. The van der Waals surface area contributed by atoms with E-state index in [2.05, 4.69) is 37.8 Å². The van der Waals surface area contributed by atoms with Crippen molar-refractivity contribution >= 4 is 47.2 Å². The van der Waals surface area contributed by atoms with Crippen molar-refractivity contribution in [3.8, 4) is 5.75 Å². The minimum Gasteiger partial charge on any atom is -0.506 e. The van der Waals surface area contributed by atoms with Crippen LogP contribution in [0, 0.1) is 0 Å². The number of anilines is 3. The molecule has 41 heavy (non-hydrogen) atoms. The number of guanidine groups is 1. The Morgan fingerprint density at radius 2 is 1.73 bits per heavy atom. The van der Waals surface area contributed by atoms with Crippen LogP contribution in [0.5, 0.6) is 5.75 Å². The molecule has 0 saturated heterocycles. The first kappa shape index (κ1) is 33.5. The molecular formula is C27H42ClN9O4. The van der Waals surface area contributed by atoms with Crippen LogP contribution in [-0.2, 0) is 4.79 Å². The number of nitrogens with zero attached hydrogens (tertiary/aromatic N) is 3. The average molecular weight is 592 g/mol. The maximum atomic E-state index is 12.3. The molecule has 1 heterocycles. The molecule has 2 aromatic rings. The highest BCUT2D eigenvalue weighted by Gasteiger charge is 2.17. The number of phenols is 1. The quantitative estimate of drug-likeness (QED) is 0.0441. The summed E-state index contributed by atoms with van der Waals surface area (Å²) in [5.74, 6) is -0.954. The highest BCUT2D eigenvalue weighted by atomic mass is 35.5. The normalized spacial score (nSPS) is 13.8. The number of benzene rings is 1. The second-order valence-electron chi connectivity index (χ2n) is 10.0. The molecule has 0 spiro atoms. The van der Waals surface area contributed by atoms with Gasteiger partial charge in [0.2, 0.25) is 6.41 Å². The fourth-order valence-corrected chi connectivity index (χ4v) is 4.32. The van der Waals surface area contributed by atoms with Crippen LogP contribution in [0.4, 0.5) is 17.3 Å². The van der Waals surface area contributed by atoms with E-state index in [-0.39, 0.29) is 52.0 Å². The number of unbranched alkanes of at least 4 members (excludes halogenated alkanes) is 5. The molecule has 0 aliphatic rings. The largest absolute Gasteiger partial charge is 0.506 e. The number of aromatic hydroxyl groups is 1. The minimum atomic E-state index is -0.750. The molecule has 0 fully saturated rings. The van der Waals surface area contributed by atoms with Gasteiger partial charge >= 0.3 is 0 Å². The van der Waals surface area contributed by atoms with Gasteiger partial charge in [-0.2, -0.15) is 0 Å². The lowest BCUT2D eigenvalue weighted by Crippen LogP contribution is -2.38. The number of carbonyl (C=O) groups excluding carboxylic acids is 2. The molecule has 0 aliphatic carbocycles. The van der Waals surface area contributed by atoms with Gasteiger partial charge < -0.3 is 38.0 Å². The van der Waals surface area contributed by atoms with Crippen LogP contribution in [0.1, 0.15) is 87.4 Å². The van der Waals surface area contributed by atoms with Gasteiger partial charge in [0.05, 0.1) is 17.8 Å². The van der Waals surface area contributed by atoms with E-state index in [0.29, 0.717) is 18.5 Å². The third-order valence-electron chi connectivity index (χ3n) is 6.51. The van der Waals surface area contributed by atoms with Crippen molar-refractivity contribution in [2.24, 2.45) is 10.7 Å². The second kappa shape index (κ2) is 17.2. The number of amides is 2. The van der Waals surface area contributed by atoms with Crippen LogP contribution in [0.3, 0.4) is 0 Å². The van der Waals surface area contributed by atoms with Crippen LogP contribution in [0.15, 0.2) is 23.2 Å². The molecular weight excluding hydrogens is 550 g/mol. The maximum Gasteiger partial charge on any atom is 0.280 e. The van der Waals surface area contributed by atoms with Gasteiger partial charge in [-0.1, -0.05) is 56.2 Å². The van der Waals surface area contributed by atoms with E-state index >= 15 is 0 Å². The third kappa shape index (κ3) is 11.8. The highest BCUT2D eigenvalue weighted by molar-refractivity contribution is 6.31. The van der Waals surface area contributed by atoms with Crippen LogP contribution in [-0.4, -0.2) is 57.1 Å². The van der Waals surface area contributed by atoms with Crippen molar-refractivity contribution in [1.82, 2.24) is 20.6 Å². The molecule has 2 rings (SSSR count). The number of phenolic OH excluding ortho intramolecular Hbond substituents is 1. The number of carbonyl (C=O) groups is 2. The summed E-state index contributed by atoms with van der Waals surface area (Å²) in [5, 5.41) is 28.3. The summed E-state index contributed by atoms with van der Waals surface area (Å²) in [6, 6.07) is 4.83. The summed E-state index contributed by atoms with van der Waals surface area (Å²) in [4.78, 5) is 34.9. The molecule has 2 amide bonds. The van der Waals surface area contributed by atoms with E-state index in [1.807, 2.05) is 6.92 Å². The molecule has 0 saturated carbocycles. The standard InChI is InChI=1S/C27H42ClN9O4/c1-16(32-14-21(40)18-11-12-20(39)19(13-18)33-15-38)9-7-5-3-4-6-8-10-17(2)34-27(31)37-26(41)22-24(29)36-25(30)23(28)35-22/h11-13,15-17,21,32,39-40H,3-10,14H2,1-2H3,(H,33,38)(H4,29,30,36)(H3,31,34,37,41)/t16-,17-,21?/m0/s1. The molecule has 0 bridgehead atoms. The number of halogens is 1. The maximum absolute atomic E-state index is 12.3. The Morgan fingerprint density at radius 1 is 1.07 bits per heavy atom. The Labute approximate surface area is 245 Å². The molecule has 226 valence electrons. The molecule has 1 aromatic carbocycles. The smallest absolute Gasteiger partial charge is 0.280 e. The van der Waals surface area contributed by atoms with E-state index in [1.54, 1.807) is 12.1 Å². The average Bonchev–Trinajstić information content (AvgIpc) is 2.91. The fourth-order valence-electron chi connectivity index (χ4n) is 4.19. The van der Waals surface area contributed by atoms with Crippen LogP contribution < -0.4 is 33.2 Å². The lowest BCUT2D eigenvalue weighted by molar-refractivity contribution is -0.105. The van der Waals surface area contributed by atoms with E-state index in [1.165, 1.54) is 6.07 Å². The van der Waals surface area contributed by atoms with Crippen LogP contribution in [0.25, 0.3) is 0 Å². The molecule has 13 nitrogen and oxygen atoms in total. The zero-order valence-corrected chi connectivity index (χ0v) is 24.3. The van der Waals surface area contributed by atoms with Gasteiger partial charge in [-0.25, -0.2) is 9.97 Å². The van der Waals surface area contributed by atoms with Crippen molar-refractivity contribution in [2.45, 2.75) is 83.4 Å². The zero-order chi connectivity index (χ0) is 30.4. The highest BCUT2D eigenvalue weighted by Crippen LogP contribution is 2.26. The summed E-state index contributed by atoms with van der Waals surface area (Å²) in [7, 11) is 0. The van der Waals surface area contributed by atoms with Crippen molar-refractivity contribution in [2.75, 3.05) is 23.3 Å². The first-order valence-electron chi connectivity index (χ1n) is 13.7. The molecule has 0 aliphatic heterocycles. The number of aliphatic hydroxyl groups excluding tert-OH is 1. The number of hydrogen-bond acceptors (Lipinski definition) is 10. The molecule has 3 atom stereocenters. The van der Waals surface area contributed by atoms with E-state index in [4.69, 9.17) is 28.8 Å². The molecule has 14 heteroatoms. The Morgan fingerprint density at radius 3 is 2.41 bits per heavy atom. The zero-order valence-electron chi connectivity index (χ0n) is 23.6. The molecule has 0 radical (unpaired) electrons. The van der Waals surface area contributed by atoms with Gasteiger partial charge in [-0.05, 0) is 44.4 Å². The third-order valence-corrected chi connectivity index (χ3v) is 6.79. The number of nitrogens with one attached hydrogen (secondary N) is 3. The summed E-state index contributed by atoms with van der Waals surface area (Å²) < 4.78 is 0. The Hall–Kier alpha value is -3.68. The first-order chi connectivity index (χ1) is 19.5. The first-order valence-corrected chi connectivity index (χ1v) is 14.1. The van der Waals surface area contributed by atoms with Crippen LogP contribution in [0.2, 0.25) is 5.15 Å². The van der Waals surface area contributed by atoms with E-state index < -0.39 is 12.0 Å². The van der Waals surface area contributed by atoms with Gasteiger partial charge in [0.25, 0.3) is 5.91 Å². The number of rotatable bonds is 17. The van der Waals surface area contributed by atoms with Crippen molar-refractivity contribution in [1.29, 1.82) is 0 Å². The van der Waals surface area contributed by atoms with Gasteiger partial charge in [0.1, 0.15) is 5.75 Å². The summed E-state index contributed by atoms with van der Waals surface area (Å²) in [6.07, 6.45) is 8.11. The van der Waals surface area contributed by atoms with Crippen molar-refractivity contribution in [3.63, 3.8) is 0 Å². The van der Waals surface area contributed by atoms with Crippen molar-refractivity contribution in [3.05, 3.63) is 34.6 Å². The Balaban J connectivity index is 1.56. The number of aliphatic hydroxyl groups is 1. The Kier molecular flexibility index (Phi) is 14.1. The predicted octanol–water partition coefficient (Wildman–Crippen LogP) is 2.83. The molecule has 11 N–H and O–H groups in total. The topological polar surface area (TPSA) is 227 Å². The van der Waals surface area contributed by atoms with E-state index in [0.717, 1.165) is 51.4 Å². The Bertz CT molecular complexity index is 1180. The number of nitrogens with two attached hydrogens (primary N) is 3. The lowest BCUT2D eigenvalue weighted by Gasteiger charge is -2.18. The fraction of sp³-hybridized carbons (Fsp3) is 0.519. The summed E-state index contributed by atoms with van der Waals surface area (Å²) in [5.41, 5.74) is 17.8. The number of nitrogen functional groups attached to an aromatic ring is 2. The summed E-state index contributed by atoms with van der Waals surface area (Å²) >= 11 is 5.81. The monoisotopic (exact) mass is 591 g/mol. The lowest BCUT2D eigenvalue weighted by atomic mass is 10.0. The molecule has 1 aromatic heterocycles. The van der Waals surface area contributed by atoms with Gasteiger partial charge in [0, 0.05) is 12.6 Å². The van der Waals surface area contributed by atoms with E-state index in [9.17, 15) is 19.8 Å². The number of aliphatic imine (C=N–C) groups is 1.